The third kappa shape index (κ3) is 7.27. The fourth-order valence-electron chi connectivity index (χ4n) is 5.90. The summed E-state index contributed by atoms with van der Waals surface area (Å²) in [5.74, 6) is 1.65. The van der Waals surface area contributed by atoms with Crippen LogP contribution in [0.4, 0.5) is 0 Å². The molecular formula is C27H42N4O3. The van der Waals surface area contributed by atoms with Gasteiger partial charge in [-0.05, 0) is 89.0 Å². The van der Waals surface area contributed by atoms with Gasteiger partial charge in [-0.3, -0.25) is 24.8 Å². The molecule has 1 amide bonds. The summed E-state index contributed by atoms with van der Waals surface area (Å²) >= 11 is 0. The van der Waals surface area contributed by atoms with Gasteiger partial charge in [-0.2, -0.15) is 0 Å². The number of benzene rings is 1. The van der Waals surface area contributed by atoms with E-state index in [1.807, 2.05) is 6.92 Å². The Kier molecular flexibility index (Phi) is 9.36. The van der Waals surface area contributed by atoms with Crippen LogP contribution in [-0.2, 0) is 20.9 Å². The van der Waals surface area contributed by atoms with E-state index < -0.39 is 0 Å². The first-order valence-corrected chi connectivity index (χ1v) is 13.3. The number of amides is 1. The predicted octanol–water partition coefficient (Wildman–Crippen LogP) is 2.92. The van der Waals surface area contributed by atoms with Gasteiger partial charge in [0.1, 0.15) is 0 Å². The molecule has 3 aliphatic rings. The number of hydrogen-bond donors (Lipinski definition) is 1. The zero-order valence-electron chi connectivity index (χ0n) is 20.8. The molecule has 0 spiro atoms. The lowest BCUT2D eigenvalue weighted by Gasteiger charge is -2.40. The van der Waals surface area contributed by atoms with E-state index in [0.717, 1.165) is 57.4 Å². The first-order valence-electron chi connectivity index (χ1n) is 13.3. The van der Waals surface area contributed by atoms with E-state index in [1.54, 1.807) is 0 Å². The molecular weight excluding hydrogens is 428 g/mol. The highest BCUT2D eigenvalue weighted by Gasteiger charge is 2.32. The van der Waals surface area contributed by atoms with Gasteiger partial charge >= 0.3 is 5.97 Å². The molecule has 0 bridgehead atoms. The lowest BCUT2D eigenvalue weighted by atomic mass is 9.79. The third-order valence-corrected chi connectivity index (χ3v) is 7.97. The topological polar surface area (TPSA) is 65.1 Å². The molecule has 3 fully saturated rings. The van der Waals surface area contributed by atoms with Crippen LogP contribution >= 0.6 is 0 Å². The van der Waals surface area contributed by atoms with Crippen molar-refractivity contribution >= 4 is 11.9 Å². The van der Waals surface area contributed by atoms with Crippen molar-refractivity contribution in [2.24, 2.45) is 17.8 Å². The monoisotopic (exact) mass is 470 g/mol. The molecule has 188 valence electrons. The van der Waals surface area contributed by atoms with Crippen LogP contribution < -0.4 is 5.43 Å². The van der Waals surface area contributed by atoms with Crippen LogP contribution in [0.2, 0.25) is 0 Å². The Bertz CT molecular complexity index is 765. The van der Waals surface area contributed by atoms with Crippen LogP contribution in [-0.4, -0.2) is 79.1 Å². The van der Waals surface area contributed by atoms with Crippen LogP contribution in [0.15, 0.2) is 30.3 Å². The maximum atomic E-state index is 12.8. The number of piperidine rings is 3. The van der Waals surface area contributed by atoms with Crippen LogP contribution in [0.5, 0.6) is 0 Å². The average molecular weight is 471 g/mol. The third-order valence-electron chi connectivity index (χ3n) is 7.97. The number of esters is 1. The summed E-state index contributed by atoms with van der Waals surface area (Å²) in [6.45, 7) is 9.53. The molecule has 1 aromatic carbocycles. The Labute approximate surface area is 204 Å². The van der Waals surface area contributed by atoms with Gasteiger partial charge in [-0.1, -0.05) is 30.3 Å². The molecule has 1 aromatic rings. The van der Waals surface area contributed by atoms with Crippen LogP contribution in [0.25, 0.3) is 0 Å². The fraction of sp³-hybridized carbons (Fsp3) is 0.704. The van der Waals surface area contributed by atoms with E-state index >= 15 is 0 Å². The van der Waals surface area contributed by atoms with Gasteiger partial charge in [0.2, 0.25) is 5.91 Å². The zero-order valence-corrected chi connectivity index (χ0v) is 20.8. The second-order valence-electron chi connectivity index (χ2n) is 10.3. The number of carbonyl (C=O) groups excluding carboxylic acids is 2. The number of carbonyl (C=O) groups is 2. The smallest absolute Gasteiger partial charge is 0.320 e. The quantitative estimate of drug-likeness (QED) is 0.590. The van der Waals surface area contributed by atoms with Crippen molar-refractivity contribution in [2.75, 3.05) is 52.4 Å². The Morgan fingerprint density at radius 3 is 2.06 bits per heavy atom. The SMILES string of the molecule is CCOC(=O)CN1CCC(C(=O)NN2CCC(C3CCN(Cc4ccccc4)CC3)CC2)CC1. The number of nitrogens with one attached hydrogen (secondary N) is 1. The predicted molar refractivity (Wildman–Crippen MR) is 133 cm³/mol. The van der Waals surface area contributed by atoms with Gasteiger partial charge in [0.05, 0.1) is 13.2 Å². The molecule has 0 unspecified atom stereocenters. The number of ether oxygens (including phenoxy) is 1. The van der Waals surface area contributed by atoms with E-state index in [-0.39, 0.29) is 17.8 Å². The molecule has 3 heterocycles. The van der Waals surface area contributed by atoms with E-state index in [4.69, 9.17) is 4.74 Å². The van der Waals surface area contributed by atoms with Gasteiger partial charge < -0.3 is 4.74 Å². The Hall–Kier alpha value is -1.96. The molecule has 0 radical (unpaired) electrons. The number of nitrogens with zero attached hydrogens (tertiary/aromatic N) is 3. The summed E-state index contributed by atoms with van der Waals surface area (Å²) in [7, 11) is 0. The van der Waals surface area contributed by atoms with Crippen molar-refractivity contribution in [3.63, 3.8) is 0 Å². The van der Waals surface area contributed by atoms with Crippen molar-refractivity contribution in [3.8, 4) is 0 Å². The van der Waals surface area contributed by atoms with Crippen LogP contribution in [0.3, 0.4) is 0 Å². The summed E-state index contributed by atoms with van der Waals surface area (Å²) in [5, 5.41) is 2.15. The zero-order chi connectivity index (χ0) is 23.8. The molecule has 0 aromatic heterocycles. The van der Waals surface area contributed by atoms with E-state index in [9.17, 15) is 9.59 Å². The van der Waals surface area contributed by atoms with E-state index in [1.165, 1.54) is 44.3 Å². The minimum absolute atomic E-state index is 0.0464. The van der Waals surface area contributed by atoms with Gasteiger partial charge in [0, 0.05) is 25.6 Å². The van der Waals surface area contributed by atoms with Crippen molar-refractivity contribution in [3.05, 3.63) is 35.9 Å². The molecule has 0 atom stereocenters. The normalized spacial score (nSPS) is 22.5. The fourth-order valence-corrected chi connectivity index (χ4v) is 5.90. The molecule has 3 aliphatic heterocycles. The largest absolute Gasteiger partial charge is 0.465 e. The minimum Gasteiger partial charge on any atom is -0.465 e. The van der Waals surface area contributed by atoms with E-state index in [2.05, 4.69) is 50.6 Å². The summed E-state index contributed by atoms with van der Waals surface area (Å²) in [6, 6.07) is 10.8. The highest BCUT2D eigenvalue weighted by atomic mass is 16.5. The maximum Gasteiger partial charge on any atom is 0.320 e. The molecule has 0 saturated carbocycles. The van der Waals surface area contributed by atoms with Gasteiger partial charge in [-0.25, -0.2) is 5.01 Å². The van der Waals surface area contributed by atoms with Crippen LogP contribution in [0.1, 0.15) is 51.0 Å². The van der Waals surface area contributed by atoms with Gasteiger partial charge in [0.15, 0.2) is 0 Å². The lowest BCUT2D eigenvalue weighted by Crippen LogP contribution is -2.51. The standard InChI is InChI=1S/C27H42N4O3/c1-2-34-26(32)21-30-16-10-25(11-17-30)27(33)28-31-18-12-24(13-19-31)23-8-14-29(15-9-23)20-22-6-4-3-5-7-22/h3-7,23-25H,2,8-21H2,1H3,(H,28,33). The van der Waals surface area contributed by atoms with Gasteiger partial charge in [0.25, 0.3) is 0 Å². The molecule has 3 saturated heterocycles. The number of hydrogen-bond acceptors (Lipinski definition) is 6. The highest BCUT2D eigenvalue weighted by molar-refractivity contribution is 5.78. The van der Waals surface area contributed by atoms with Crippen molar-refractivity contribution in [1.29, 1.82) is 0 Å². The molecule has 1 N–H and O–H groups in total. The summed E-state index contributed by atoms with van der Waals surface area (Å²) in [5.41, 5.74) is 4.61. The second kappa shape index (κ2) is 12.7. The minimum atomic E-state index is -0.171. The van der Waals surface area contributed by atoms with E-state index in [0.29, 0.717) is 13.2 Å². The Balaban J connectivity index is 1.11. The summed E-state index contributed by atoms with van der Waals surface area (Å²) in [4.78, 5) is 29.2. The van der Waals surface area contributed by atoms with Crippen molar-refractivity contribution in [2.45, 2.75) is 52.0 Å². The van der Waals surface area contributed by atoms with Gasteiger partial charge in [-0.15, -0.1) is 0 Å². The van der Waals surface area contributed by atoms with Crippen LogP contribution in [0, 0.1) is 17.8 Å². The number of hydrazine groups is 1. The average Bonchev–Trinajstić information content (AvgIpc) is 2.86. The highest BCUT2D eigenvalue weighted by Crippen LogP contribution is 2.32. The van der Waals surface area contributed by atoms with Crippen molar-refractivity contribution < 1.29 is 14.3 Å². The molecule has 0 aliphatic carbocycles. The molecule has 7 heteroatoms. The number of rotatable bonds is 8. The Morgan fingerprint density at radius 1 is 0.853 bits per heavy atom. The molecule has 7 nitrogen and oxygen atoms in total. The summed E-state index contributed by atoms with van der Waals surface area (Å²) < 4.78 is 5.03. The molecule has 4 rings (SSSR count). The number of likely N-dealkylation sites (tertiary alicyclic amines) is 2. The Morgan fingerprint density at radius 2 is 1.44 bits per heavy atom. The second-order valence-corrected chi connectivity index (χ2v) is 10.3. The lowest BCUT2D eigenvalue weighted by molar-refractivity contribution is -0.144. The van der Waals surface area contributed by atoms with Crippen molar-refractivity contribution in [1.82, 2.24) is 20.2 Å². The molecule has 34 heavy (non-hydrogen) atoms. The summed E-state index contributed by atoms with van der Waals surface area (Å²) in [6.07, 6.45) is 6.58. The first kappa shape index (κ1) is 25.1. The maximum absolute atomic E-state index is 12.8. The first-order chi connectivity index (χ1) is 16.6.